The van der Waals surface area contributed by atoms with Crippen molar-refractivity contribution in [2.75, 3.05) is 0 Å². The van der Waals surface area contributed by atoms with Crippen LogP contribution in [0.5, 0.6) is 0 Å². The molecule has 0 spiro atoms. The van der Waals surface area contributed by atoms with E-state index in [1.54, 1.807) is 20.8 Å². The fraction of sp³-hybridized carbons (Fsp3) is 0.556. The maximum Gasteiger partial charge on any atom is 0.408 e. The van der Waals surface area contributed by atoms with Gasteiger partial charge in [0.25, 0.3) is 0 Å². The number of hydrogen-bond donors (Lipinski definition) is 2. The van der Waals surface area contributed by atoms with Crippen molar-refractivity contribution in [3.63, 3.8) is 0 Å². The minimum atomic E-state index is -1.23. The third-order valence-electron chi connectivity index (χ3n) is 4.07. The summed E-state index contributed by atoms with van der Waals surface area (Å²) in [4.78, 5) is 25.1. The van der Waals surface area contributed by atoms with Crippen LogP contribution in [0.25, 0.3) is 0 Å². The molecule has 2 rings (SSSR count). The topological polar surface area (TPSA) is 75.6 Å². The number of ether oxygens (including phenoxy) is 1. The number of amides is 1. The van der Waals surface area contributed by atoms with E-state index in [1.165, 1.54) is 0 Å². The first-order chi connectivity index (χ1) is 10.7. The summed E-state index contributed by atoms with van der Waals surface area (Å²) in [5, 5.41) is 12.8. The van der Waals surface area contributed by atoms with Crippen molar-refractivity contribution < 1.29 is 19.4 Å². The van der Waals surface area contributed by atoms with Crippen molar-refractivity contribution in [1.82, 2.24) is 5.32 Å². The Hall–Kier alpha value is -1.88. The van der Waals surface area contributed by atoms with Crippen LogP contribution in [0.3, 0.4) is 0 Å². The Morgan fingerprint density at radius 2 is 2.00 bits per heavy atom. The van der Waals surface area contributed by atoms with Crippen LogP contribution in [0.4, 0.5) is 4.79 Å². The number of hydrogen-bond acceptors (Lipinski definition) is 4. The highest BCUT2D eigenvalue weighted by Crippen LogP contribution is 2.36. The first-order valence-corrected chi connectivity index (χ1v) is 7.95. The molecule has 1 aromatic rings. The maximum atomic E-state index is 12.8. The van der Waals surface area contributed by atoms with Crippen molar-refractivity contribution in [3.05, 3.63) is 35.4 Å². The van der Waals surface area contributed by atoms with Crippen LogP contribution in [-0.4, -0.2) is 28.7 Å². The lowest BCUT2D eigenvalue weighted by atomic mass is 9.73. The number of rotatable bonds is 2. The standard InChI is InChI=1S/C18H25NO4/c1-12-8-5-6-9-13(12)18(11-7-10-14(20)15(18)21)19-16(22)23-17(2,3)4/h5-6,8-9,14,20H,7,10-11H2,1-4H3,(H,19,22). The zero-order valence-corrected chi connectivity index (χ0v) is 14.2. The zero-order valence-electron chi connectivity index (χ0n) is 14.2. The monoisotopic (exact) mass is 319 g/mol. The molecule has 1 aliphatic carbocycles. The third kappa shape index (κ3) is 3.72. The molecule has 5 nitrogen and oxygen atoms in total. The molecule has 126 valence electrons. The Morgan fingerprint density at radius 1 is 1.35 bits per heavy atom. The van der Waals surface area contributed by atoms with E-state index in [0.29, 0.717) is 19.3 Å². The third-order valence-corrected chi connectivity index (χ3v) is 4.07. The molecule has 1 fully saturated rings. The summed E-state index contributed by atoms with van der Waals surface area (Å²) in [5.41, 5.74) is -0.279. The lowest BCUT2D eigenvalue weighted by Gasteiger charge is -2.40. The molecule has 0 aliphatic heterocycles. The SMILES string of the molecule is Cc1ccccc1C1(NC(=O)OC(C)(C)C)CCCC(O)C1=O. The van der Waals surface area contributed by atoms with Gasteiger partial charge in [0, 0.05) is 0 Å². The molecule has 5 heteroatoms. The Bertz CT molecular complexity index is 605. The summed E-state index contributed by atoms with van der Waals surface area (Å²) in [6.07, 6.45) is -0.201. The molecule has 0 heterocycles. The highest BCUT2D eigenvalue weighted by molar-refractivity contribution is 5.96. The summed E-state index contributed by atoms with van der Waals surface area (Å²) in [7, 11) is 0. The number of alkyl carbamates (subject to hydrolysis) is 1. The van der Waals surface area contributed by atoms with Crippen molar-refractivity contribution in [3.8, 4) is 0 Å². The van der Waals surface area contributed by atoms with Crippen molar-refractivity contribution in [1.29, 1.82) is 0 Å². The summed E-state index contributed by atoms with van der Waals surface area (Å²) in [5.74, 6) is -0.371. The molecule has 1 aromatic carbocycles. The molecular formula is C18H25NO4. The van der Waals surface area contributed by atoms with Crippen LogP contribution < -0.4 is 5.32 Å². The largest absolute Gasteiger partial charge is 0.444 e. The predicted molar refractivity (Wildman–Crippen MR) is 87.1 cm³/mol. The lowest BCUT2D eigenvalue weighted by molar-refractivity contribution is -0.138. The summed E-state index contributed by atoms with van der Waals surface area (Å²) < 4.78 is 5.33. The average molecular weight is 319 g/mol. The second kappa shape index (κ2) is 6.32. The van der Waals surface area contributed by atoms with Gasteiger partial charge in [0.2, 0.25) is 0 Å². The van der Waals surface area contributed by atoms with Crippen LogP contribution in [0.2, 0.25) is 0 Å². The molecule has 23 heavy (non-hydrogen) atoms. The van der Waals surface area contributed by atoms with E-state index in [9.17, 15) is 14.7 Å². The molecular weight excluding hydrogens is 294 g/mol. The number of aliphatic hydroxyl groups excluding tert-OH is 1. The number of carbonyl (C=O) groups is 2. The van der Waals surface area contributed by atoms with Crippen molar-refractivity contribution in [2.45, 2.75) is 64.2 Å². The van der Waals surface area contributed by atoms with Gasteiger partial charge in [-0.2, -0.15) is 0 Å². The van der Waals surface area contributed by atoms with Gasteiger partial charge in [-0.1, -0.05) is 24.3 Å². The highest BCUT2D eigenvalue weighted by atomic mass is 16.6. The Labute approximate surface area is 137 Å². The number of ketones is 1. The van der Waals surface area contributed by atoms with Gasteiger partial charge in [0.1, 0.15) is 17.2 Å². The quantitative estimate of drug-likeness (QED) is 0.879. The number of nitrogens with one attached hydrogen (secondary N) is 1. The summed E-state index contributed by atoms with van der Waals surface area (Å²) >= 11 is 0. The fourth-order valence-corrected chi connectivity index (χ4v) is 3.09. The van der Waals surface area contributed by atoms with E-state index in [1.807, 2.05) is 31.2 Å². The molecule has 0 aromatic heterocycles. The average Bonchev–Trinajstić information content (AvgIpc) is 2.42. The van der Waals surface area contributed by atoms with E-state index in [-0.39, 0.29) is 5.78 Å². The molecule has 1 amide bonds. The Balaban J connectivity index is 2.42. The van der Waals surface area contributed by atoms with E-state index in [0.717, 1.165) is 11.1 Å². The second-order valence-electron chi connectivity index (χ2n) is 7.12. The van der Waals surface area contributed by atoms with E-state index < -0.39 is 23.3 Å². The molecule has 2 atom stereocenters. The normalized spacial score (nSPS) is 25.1. The first kappa shape index (κ1) is 17.5. The van der Waals surface area contributed by atoms with Crippen LogP contribution in [0.15, 0.2) is 24.3 Å². The van der Waals surface area contributed by atoms with Gasteiger partial charge in [-0.25, -0.2) is 4.79 Å². The predicted octanol–water partition coefficient (Wildman–Crippen LogP) is 2.83. The van der Waals surface area contributed by atoms with Gasteiger partial charge < -0.3 is 15.2 Å². The minimum absolute atomic E-state index is 0.371. The number of Topliss-reactive ketones (excluding diaryl/α,β-unsaturated/α-hetero) is 1. The zero-order chi connectivity index (χ0) is 17.3. The smallest absolute Gasteiger partial charge is 0.408 e. The lowest BCUT2D eigenvalue weighted by Crippen LogP contribution is -2.58. The van der Waals surface area contributed by atoms with Gasteiger partial charge >= 0.3 is 6.09 Å². The molecule has 1 aliphatic rings. The molecule has 0 radical (unpaired) electrons. The van der Waals surface area contributed by atoms with Crippen LogP contribution in [0.1, 0.15) is 51.2 Å². The molecule has 2 N–H and O–H groups in total. The Kier molecular flexibility index (Phi) is 4.80. The van der Waals surface area contributed by atoms with Crippen LogP contribution in [-0.2, 0) is 15.1 Å². The van der Waals surface area contributed by atoms with Gasteiger partial charge in [-0.05, 0) is 58.1 Å². The summed E-state index contributed by atoms with van der Waals surface area (Å²) in [6.45, 7) is 7.20. The van der Waals surface area contributed by atoms with Crippen molar-refractivity contribution >= 4 is 11.9 Å². The number of aliphatic hydroxyl groups is 1. The fourth-order valence-electron chi connectivity index (χ4n) is 3.09. The second-order valence-corrected chi connectivity index (χ2v) is 7.12. The van der Waals surface area contributed by atoms with E-state index >= 15 is 0 Å². The molecule has 0 saturated heterocycles. The van der Waals surface area contributed by atoms with Crippen LogP contribution >= 0.6 is 0 Å². The molecule has 1 saturated carbocycles. The Morgan fingerprint density at radius 3 is 2.61 bits per heavy atom. The first-order valence-electron chi connectivity index (χ1n) is 7.95. The van der Waals surface area contributed by atoms with Crippen molar-refractivity contribution in [2.24, 2.45) is 0 Å². The van der Waals surface area contributed by atoms with Gasteiger partial charge in [0.05, 0.1) is 0 Å². The maximum absolute atomic E-state index is 12.8. The van der Waals surface area contributed by atoms with Gasteiger partial charge in [-0.3, -0.25) is 4.79 Å². The van der Waals surface area contributed by atoms with E-state index in [2.05, 4.69) is 5.32 Å². The molecule has 0 bridgehead atoms. The van der Waals surface area contributed by atoms with Gasteiger partial charge in [0.15, 0.2) is 5.78 Å². The number of aryl methyl sites for hydroxylation is 1. The number of carbonyl (C=O) groups excluding carboxylic acids is 2. The van der Waals surface area contributed by atoms with E-state index in [4.69, 9.17) is 4.74 Å². The number of benzene rings is 1. The summed E-state index contributed by atoms with van der Waals surface area (Å²) in [6, 6.07) is 7.42. The molecule has 2 unspecified atom stereocenters. The van der Waals surface area contributed by atoms with Gasteiger partial charge in [-0.15, -0.1) is 0 Å². The van der Waals surface area contributed by atoms with Crippen LogP contribution in [0, 0.1) is 6.92 Å². The minimum Gasteiger partial charge on any atom is -0.444 e. The highest BCUT2D eigenvalue weighted by Gasteiger charge is 2.48.